The molecule has 1 amide bonds. The Hall–Kier alpha value is -1.54. The second-order valence-corrected chi connectivity index (χ2v) is 12.2. The van der Waals surface area contributed by atoms with E-state index >= 15 is 0 Å². The van der Waals surface area contributed by atoms with Crippen molar-refractivity contribution < 1.29 is 14.3 Å². The van der Waals surface area contributed by atoms with Gasteiger partial charge >= 0.3 is 6.09 Å². The number of fused-ring (bicyclic) bond motifs is 3. The number of hydrogen-bond donors (Lipinski definition) is 0. The summed E-state index contributed by atoms with van der Waals surface area (Å²) in [5.41, 5.74) is 0.970. The van der Waals surface area contributed by atoms with Gasteiger partial charge in [0, 0.05) is 23.7 Å². The molecule has 32 heavy (non-hydrogen) atoms. The highest BCUT2D eigenvalue weighted by Gasteiger charge is 2.33. The van der Waals surface area contributed by atoms with Gasteiger partial charge in [-0.05, 0) is 76.5 Å². The molecule has 0 aromatic carbocycles. The highest BCUT2D eigenvalue weighted by molar-refractivity contribution is 7.99. The maximum Gasteiger partial charge on any atom is 0.410 e. The molecular formula is C24H35N3O3S2. The first-order chi connectivity index (χ1) is 15.3. The number of carbonyl (C=O) groups is 1. The fraction of sp³-hybridized carbons (Fsp3) is 0.708. The maximum atomic E-state index is 12.4. The number of nitrogens with zero attached hydrogens (tertiary/aromatic N) is 3. The number of thiophene rings is 1. The van der Waals surface area contributed by atoms with Gasteiger partial charge in [0.25, 0.3) is 0 Å². The Bertz CT molecular complexity index is 948. The molecule has 6 nitrogen and oxygen atoms in total. The number of amides is 1. The van der Waals surface area contributed by atoms with Crippen LogP contribution in [-0.2, 0) is 11.2 Å². The Labute approximate surface area is 199 Å². The highest BCUT2D eigenvalue weighted by atomic mass is 32.2. The largest absolute Gasteiger partial charge is 0.474 e. The van der Waals surface area contributed by atoms with Crippen molar-refractivity contribution in [3.8, 4) is 5.88 Å². The number of thioether (sulfide) groups is 1. The first-order valence-electron chi connectivity index (χ1n) is 11.7. The van der Waals surface area contributed by atoms with Gasteiger partial charge in [0.15, 0.2) is 0 Å². The maximum absolute atomic E-state index is 12.4. The van der Waals surface area contributed by atoms with Gasteiger partial charge in [0.2, 0.25) is 5.88 Å². The van der Waals surface area contributed by atoms with E-state index in [2.05, 4.69) is 16.9 Å². The fourth-order valence-electron chi connectivity index (χ4n) is 4.75. The molecular weight excluding hydrogens is 442 g/mol. The molecule has 2 aliphatic carbocycles. The summed E-state index contributed by atoms with van der Waals surface area (Å²) < 4.78 is 12.0. The fourth-order valence-corrected chi connectivity index (χ4v) is 6.83. The van der Waals surface area contributed by atoms with E-state index in [0.29, 0.717) is 5.92 Å². The van der Waals surface area contributed by atoms with Crippen LogP contribution in [0.2, 0.25) is 0 Å². The lowest BCUT2D eigenvalue weighted by Gasteiger charge is -2.35. The third kappa shape index (κ3) is 5.16. The van der Waals surface area contributed by atoms with Gasteiger partial charge in [-0.1, -0.05) is 6.92 Å². The molecule has 1 atom stereocenters. The van der Waals surface area contributed by atoms with Crippen LogP contribution in [0.3, 0.4) is 0 Å². The third-order valence-corrected chi connectivity index (χ3v) is 8.59. The van der Waals surface area contributed by atoms with Crippen molar-refractivity contribution in [2.45, 2.75) is 89.9 Å². The van der Waals surface area contributed by atoms with Crippen molar-refractivity contribution >= 4 is 39.4 Å². The van der Waals surface area contributed by atoms with Gasteiger partial charge in [0.1, 0.15) is 22.9 Å². The van der Waals surface area contributed by atoms with Gasteiger partial charge in [0.05, 0.1) is 5.39 Å². The Morgan fingerprint density at radius 3 is 2.66 bits per heavy atom. The number of aryl methyl sites for hydroxylation is 1. The Morgan fingerprint density at radius 2 is 1.97 bits per heavy atom. The van der Waals surface area contributed by atoms with E-state index in [-0.39, 0.29) is 18.2 Å². The summed E-state index contributed by atoms with van der Waals surface area (Å²) in [6.07, 6.45) is 7.52. The molecule has 0 N–H and O–H groups in total. The van der Waals surface area contributed by atoms with Gasteiger partial charge < -0.3 is 14.4 Å². The third-order valence-electron chi connectivity index (χ3n) is 6.37. The molecule has 2 aliphatic rings. The molecule has 1 saturated carbocycles. The van der Waals surface area contributed by atoms with E-state index in [1.54, 1.807) is 11.2 Å². The van der Waals surface area contributed by atoms with E-state index in [1.807, 2.05) is 50.9 Å². The summed E-state index contributed by atoms with van der Waals surface area (Å²) in [4.78, 5) is 25.8. The summed E-state index contributed by atoms with van der Waals surface area (Å²) in [6.45, 7) is 7.93. The number of rotatable bonds is 6. The SMILES string of the molecule is CCSCC1CCc2sc3ncnc(OC4CCC(N(C)C(=O)OC(C)(C)C)CC4)c3c21. The molecule has 0 spiro atoms. The van der Waals surface area contributed by atoms with Gasteiger partial charge in [-0.15, -0.1) is 11.3 Å². The molecule has 2 heterocycles. The topological polar surface area (TPSA) is 64.6 Å². The van der Waals surface area contributed by atoms with Crippen LogP contribution < -0.4 is 4.74 Å². The van der Waals surface area contributed by atoms with Crippen LogP contribution in [0.4, 0.5) is 4.79 Å². The summed E-state index contributed by atoms with van der Waals surface area (Å²) in [5, 5.41) is 1.15. The molecule has 0 saturated heterocycles. The summed E-state index contributed by atoms with van der Waals surface area (Å²) in [6, 6.07) is 0.191. The van der Waals surface area contributed by atoms with Crippen molar-refractivity contribution in [2.24, 2.45) is 0 Å². The first-order valence-corrected chi connectivity index (χ1v) is 13.7. The summed E-state index contributed by atoms with van der Waals surface area (Å²) in [7, 11) is 1.84. The van der Waals surface area contributed by atoms with Crippen LogP contribution in [0.1, 0.15) is 76.2 Å². The Kier molecular flexibility index (Phi) is 7.20. The standard InChI is InChI=1S/C24H35N3O3S2/c1-6-31-13-15-7-12-18-19(15)20-21(25-14-26-22(20)32-18)29-17-10-8-16(9-11-17)27(5)23(28)30-24(2,3)4/h14-17H,6-13H2,1-5H3. The van der Waals surface area contributed by atoms with Gasteiger partial charge in [-0.3, -0.25) is 0 Å². The predicted molar refractivity (Wildman–Crippen MR) is 132 cm³/mol. The molecule has 0 aliphatic heterocycles. The van der Waals surface area contributed by atoms with Crippen molar-refractivity contribution in [1.29, 1.82) is 0 Å². The minimum absolute atomic E-state index is 0.122. The zero-order valence-corrected chi connectivity index (χ0v) is 21.5. The molecule has 2 aromatic heterocycles. The van der Waals surface area contributed by atoms with Crippen LogP contribution in [0.5, 0.6) is 5.88 Å². The van der Waals surface area contributed by atoms with Crippen LogP contribution in [0.25, 0.3) is 10.2 Å². The smallest absolute Gasteiger partial charge is 0.410 e. The molecule has 176 valence electrons. The average molecular weight is 478 g/mol. The summed E-state index contributed by atoms with van der Waals surface area (Å²) >= 11 is 3.82. The van der Waals surface area contributed by atoms with Gasteiger partial charge in [-0.25, -0.2) is 14.8 Å². The van der Waals surface area contributed by atoms with Crippen LogP contribution >= 0.6 is 23.1 Å². The van der Waals surface area contributed by atoms with Crippen molar-refractivity contribution in [2.75, 3.05) is 18.6 Å². The number of aromatic nitrogens is 2. The van der Waals surface area contributed by atoms with Crippen LogP contribution in [0.15, 0.2) is 6.33 Å². The van der Waals surface area contributed by atoms with Crippen LogP contribution in [-0.4, -0.2) is 57.3 Å². The monoisotopic (exact) mass is 477 g/mol. The molecule has 2 aromatic rings. The van der Waals surface area contributed by atoms with E-state index < -0.39 is 5.60 Å². The minimum Gasteiger partial charge on any atom is -0.474 e. The van der Waals surface area contributed by atoms with Crippen molar-refractivity contribution in [1.82, 2.24) is 14.9 Å². The normalized spacial score (nSPS) is 23.2. The number of hydrogen-bond acceptors (Lipinski definition) is 7. The Balaban J connectivity index is 1.43. The molecule has 0 bridgehead atoms. The molecule has 0 radical (unpaired) electrons. The first kappa shape index (κ1) is 23.6. The van der Waals surface area contributed by atoms with E-state index in [4.69, 9.17) is 9.47 Å². The zero-order valence-electron chi connectivity index (χ0n) is 19.8. The average Bonchev–Trinajstić information content (AvgIpc) is 3.30. The van der Waals surface area contributed by atoms with Crippen molar-refractivity contribution in [3.63, 3.8) is 0 Å². The number of ether oxygens (including phenoxy) is 2. The predicted octanol–water partition coefficient (Wildman–Crippen LogP) is 6.03. The lowest BCUT2D eigenvalue weighted by atomic mass is 9.92. The van der Waals surface area contributed by atoms with E-state index in [9.17, 15) is 4.79 Å². The molecule has 1 unspecified atom stereocenters. The number of carbonyl (C=O) groups excluding carboxylic acids is 1. The van der Waals surface area contributed by atoms with Gasteiger partial charge in [-0.2, -0.15) is 11.8 Å². The molecule has 4 rings (SSSR count). The lowest BCUT2D eigenvalue weighted by molar-refractivity contribution is 0.0138. The van der Waals surface area contributed by atoms with E-state index in [1.165, 1.54) is 16.9 Å². The molecule has 8 heteroatoms. The Morgan fingerprint density at radius 1 is 1.22 bits per heavy atom. The highest BCUT2D eigenvalue weighted by Crippen LogP contribution is 2.47. The zero-order chi connectivity index (χ0) is 22.9. The second kappa shape index (κ2) is 9.75. The lowest BCUT2D eigenvalue weighted by Crippen LogP contribution is -2.43. The summed E-state index contributed by atoms with van der Waals surface area (Å²) in [5.74, 6) is 3.64. The van der Waals surface area contributed by atoms with Crippen LogP contribution in [0, 0.1) is 0 Å². The second-order valence-electron chi connectivity index (χ2n) is 9.83. The van der Waals surface area contributed by atoms with Crippen molar-refractivity contribution in [3.05, 3.63) is 16.8 Å². The quantitative estimate of drug-likeness (QED) is 0.506. The van der Waals surface area contributed by atoms with E-state index in [0.717, 1.165) is 59.7 Å². The minimum atomic E-state index is -0.474. The molecule has 1 fully saturated rings.